The van der Waals surface area contributed by atoms with Crippen molar-refractivity contribution in [1.82, 2.24) is 0 Å². The quantitative estimate of drug-likeness (QED) is 0.616. The van der Waals surface area contributed by atoms with Crippen LogP contribution in [0, 0.1) is 6.92 Å². The Morgan fingerprint density at radius 2 is 2.00 bits per heavy atom. The molecule has 0 bridgehead atoms. The molecule has 1 aliphatic carbocycles. The van der Waals surface area contributed by atoms with Crippen LogP contribution in [-0.4, -0.2) is 0 Å². The number of hydrogen-bond acceptors (Lipinski definition) is 1. The maximum atomic E-state index is 5.79. The first-order valence-corrected chi connectivity index (χ1v) is 5.21. The second-order valence-corrected chi connectivity index (χ2v) is 3.92. The first-order valence-electron chi connectivity index (χ1n) is 5.21. The molecule has 1 aliphatic rings. The van der Waals surface area contributed by atoms with E-state index in [-0.39, 0.29) is 0 Å². The Balaban J connectivity index is 2.39. The van der Waals surface area contributed by atoms with Crippen molar-refractivity contribution in [3.05, 3.63) is 47.2 Å². The van der Waals surface area contributed by atoms with Crippen molar-refractivity contribution in [3.8, 4) is 0 Å². The lowest BCUT2D eigenvalue weighted by atomic mass is 10.1. The minimum absolute atomic E-state index is 0.974. The van der Waals surface area contributed by atoms with E-state index in [1.165, 1.54) is 16.5 Å². The predicted molar refractivity (Wildman–Crippen MR) is 63.6 cm³/mol. The van der Waals surface area contributed by atoms with E-state index < -0.39 is 0 Å². The zero-order valence-corrected chi connectivity index (χ0v) is 8.66. The number of benzene rings is 1. The highest BCUT2D eigenvalue weighted by atomic mass is 16.3. The largest absolute Gasteiger partial charge is 0.456 e. The molecule has 0 unspecified atom stereocenters. The van der Waals surface area contributed by atoms with E-state index in [1.54, 1.807) is 0 Å². The summed E-state index contributed by atoms with van der Waals surface area (Å²) in [6.07, 6.45) is 9.49. The van der Waals surface area contributed by atoms with Crippen LogP contribution in [0.4, 0.5) is 0 Å². The molecule has 2 aromatic rings. The van der Waals surface area contributed by atoms with Crippen molar-refractivity contribution < 1.29 is 4.42 Å². The van der Waals surface area contributed by atoms with Crippen LogP contribution in [0.1, 0.15) is 23.3 Å². The van der Waals surface area contributed by atoms with Crippen molar-refractivity contribution in [2.45, 2.75) is 13.3 Å². The average molecular weight is 196 g/mol. The van der Waals surface area contributed by atoms with Gasteiger partial charge in [0.05, 0.1) is 0 Å². The number of fused-ring (bicyclic) bond motifs is 3. The van der Waals surface area contributed by atoms with Gasteiger partial charge in [0.2, 0.25) is 0 Å². The Hall–Kier alpha value is -1.76. The second kappa shape index (κ2) is 3.13. The summed E-state index contributed by atoms with van der Waals surface area (Å²) >= 11 is 0. The van der Waals surface area contributed by atoms with E-state index in [2.05, 4.69) is 43.4 Å². The van der Waals surface area contributed by atoms with Crippen molar-refractivity contribution in [1.29, 1.82) is 0 Å². The van der Waals surface area contributed by atoms with Crippen LogP contribution in [0.3, 0.4) is 0 Å². The fourth-order valence-corrected chi connectivity index (χ4v) is 1.98. The Morgan fingerprint density at radius 3 is 2.93 bits per heavy atom. The lowest BCUT2D eigenvalue weighted by molar-refractivity contribution is 0.603. The van der Waals surface area contributed by atoms with Crippen LogP contribution in [0.5, 0.6) is 0 Å². The van der Waals surface area contributed by atoms with Gasteiger partial charge in [0, 0.05) is 10.9 Å². The van der Waals surface area contributed by atoms with Crippen molar-refractivity contribution >= 4 is 23.1 Å². The normalized spacial score (nSPS) is 14.2. The van der Waals surface area contributed by atoms with Gasteiger partial charge in [-0.3, -0.25) is 0 Å². The highest BCUT2D eigenvalue weighted by Gasteiger charge is 2.10. The van der Waals surface area contributed by atoms with Gasteiger partial charge in [-0.25, -0.2) is 0 Å². The first-order chi connectivity index (χ1) is 7.34. The summed E-state index contributed by atoms with van der Waals surface area (Å²) in [6, 6.07) is 6.31. The van der Waals surface area contributed by atoms with Crippen molar-refractivity contribution in [3.63, 3.8) is 0 Å². The fourth-order valence-electron chi connectivity index (χ4n) is 1.98. The summed E-state index contributed by atoms with van der Waals surface area (Å²) in [5, 5.41) is 1.22. The number of hydrogen-bond donors (Lipinski definition) is 0. The van der Waals surface area contributed by atoms with Crippen molar-refractivity contribution in [2.75, 3.05) is 0 Å². The maximum absolute atomic E-state index is 5.79. The Kier molecular flexibility index (Phi) is 1.78. The van der Waals surface area contributed by atoms with Crippen LogP contribution in [0.2, 0.25) is 0 Å². The molecule has 74 valence electrons. The van der Waals surface area contributed by atoms with Crippen LogP contribution < -0.4 is 0 Å². The SMILES string of the molecule is Cc1ccc2oc3c(c2c1)C=CCC=C3. The molecule has 0 aliphatic heterocycles. The second-order valence-electron chi connectivity index (χ2n) is 3.92. The third-order valence-corrected chi connectivity index (χ3v) is 2.74. The van der Waals surface area contributed by atoms with Gasteiger partial charge in [0.25, 0.3) is 0 Å². The highest BCUT2D eigenvalue weighted by molar-refractivity contribution is 5.91. The molecule has 0 saturated carbocycles. The van der Waals surface area contributed by atoms with Gasteiger partial charge in [-0.05, 0) is 31.6 Å². The molecule has 15 heavy (non-hydrogen) atoms. The van der Waals surface area contributed by atoms with E-state index in [0.717, 1.165) is 17.8 Å². The van der Waals surface area contributed by atoms with Crippen LogP contribution in [0.15, 0.2) is 34.8 Å². The van der Waals surface area contributed by atoms with Gasteiger partial charge in [-0.1, -0.05) is 29.9 Å². The van der Waals surface area contributed by atoms with Gasteiger partial charge in [-0.2, -0.15) is 0 Å². The van der Waals surface area contributed by atoms with Crippen LogP contribution in [0.25, 0.3) is 23.1 Å². The molecule has 1 nitrogen and oxygen atoms in total. The van der Waals surface area contributed by atoms with Crippen LogP contribution >= 0.6 is 0 Å². The molecule has 1 heterocycles. The molecule has 0 atom stereocenters. The van der Waals surface area contributed by atoms with Gasteiger partial charge in [0.15, 0.2) is 0 Å². The molecular formula is C14H12O. The first kappa shape index (κ1) is 8.54. The zero-order valence-electron chi connectivity index (χ0n) is 8.66. The standard InChI is InChI=1S/C14H12O/c1-10-7-8-14-12(9-10)11-5-3-2-4-6-13(11)15-14/h3-9H,2H2,1H3. The van der Waals surface area contributed by atoms with E-state index >= 15 is 0 Å². The Labute approximate surface area is 88.7 Å². The third kappa shape index (κ3) is 1.32. The summed E-state index contributed by atoms with van der Waals surface area (Å²) in [4.78, 5) is 0. The third-order valence-electron chi connectivity index (χ3n) is 2.74. The summed E-state index contributed by atoms with van der Waals surface area (Å²) in [5.74, 6) is 0.976. The monoisotopic (exact) mass is 196 g/mol. The molecule has 0 spiro atoms. The van der Waals surface area contributed by atoms with Gasteiger partial charge in [0.1, 0.15) is 11.3 Å². The topological polar surface area (TPSA) is 13.1 Å². The minimum Gasteiger partial charge on any atom is -0.456 e. The van der Waals surface area contributed by atoms with E-state index in [4.69, 9.17) is 4.42 Å². The molecule has 3 rings (SSSR count). The summed E-state index contributed by atoms with van der Waals surface area (Å²) < 4.78 is 5.79. The van der Waals surface area contributed by atoms with E-state index in [9.17, 15) is 0 Å². The smallest absolute Gasteiger partial charge is 0.135 e. The van der Waals surface area contributed by atoms with Crippen molar-refractivity contribution in [2.24, 2.45) is 0 Å². The maximum Gasteiger partial charge on any atom is 0.135 e. The van der Waals surface area contributed by atoms with E-state index in [0.29, 0.717) is 0 Å². The number of furan rings is 1. The highest BCUT2D eigenvalue weighted by Crippen LogP contribution is 2.30. The molecule has 1 aromatic heterocycles. The summed E-state index contributed by atoms with van der Waals surface area (Å²) in [7, 11) is 0. The Morgan fingerprint density at radius 1 is 1.13 bits per heavy atom. The van der Waals surface area contributed by atoms with Gasteiger partial charge in [-0.15, -0.1) is 0 Å². The molecule has 1 aromatic carbocycles. The molecule has 0 saturated heterocycles. The molecule has 0 radical (unpaired) electrons. The van der Waals surface area contributed by atoms with Gasteiger partial charge < -0.3 is 4.42 Å². The number of aryl methyl sites for hydroxylation is 1. The molecule has 0 fully saturated rings. The molecule has 0 N–H and O–H groups in total. The number of rotatable bonds is 0. The van der Waals surface area contributed by atoms with E-state index in [1.807, 2.05) is 6.07 Å². The summed E-state index contributed by atoms with van der Waals surface area (Å²) in [5.41, 5.74) is 3.46. The predicted octanol–water partition coefficient (Wildman–Crippen LogP) is 4.17. The molecule has 0 amide bonds. The summed E-state index contributed by atoms with van der Waals surface area (Å²) in [6.45, 7) is 2.11. The Bertz CT molecular complexity index is 570. The van der Waals surface area contributed by atoms with Crippen LogP contribution in [-0.2, 0) is 0 Å². The minimum atomic E-state index is 0.974. The molecular weight excluding hydrogens is 184 g/mol. The zero-order chi connectivity index (χ0) is 10.3. The number of allylic oxidation sites excluding steroid dienone is 2. The average Bonchev–Trinajstić information content (AvgIpc) is 2.44. The van der Waals surface area contributed by atoms with Gasteiger partial charge >= 0.3 is 0 Å². The lowest BCUT2D eigenvalue weighted by Gasteiger charge is -1.92. The molecule has 1 heteroatoms. The lowest BCUT2D eigenvalue weighted by Crippen LogP contribution is -1.73. The fraction of sp³-hybridized carbons (Fsp3) is 0.143.